The summed E-state index contributed by atoms with van der Waals surface area (Å²) >= 11 is 0. The Labute approximate surface area is 426 Å². The van der Waals surface area contributed by atoms with Gasteiger partial charge in [0.15, 0.2) is 0 Å². The molecule has 0 aliphatic carbocycles. The van der Waals surface area contributed by atoms with Crippen LogP contribution in [0.2, 0.25) is 0 Å². The van der Waals surface area contributed by atoms with E-state index in [2.05, 4.69) is 111 Å². The Hall–Kier alpha value is -2.58. The Bertz CT molecular complexity index is 1420. The lowest BCUT2D eigenvalue weighted by molar-refractivity contribution is -0.870. The van der Waals surface area contributed by atoms with E-state index in [1.807, 2.05) is 21.1 Å². The predicted octanol–water partition coefficient (Wildman–Crippen LogP) is 17.7. The third kappa shape index (κ3) is 56.2. The fourth-order valence-corrected chi connectivity index (χ4v) is 8.16. The summed E-state index contributed by atoms with van der Waals surface area (Å²) in [6.45, 7) is 5.39. The van der Waals surface area contributed by atoms with E-state index in [4.69, 9.17) is 18.5 Å². The highest BCUT2D eigenvalue weighted by atomic mass is 31.2. The van der Waals surface area contributed by atoms with Gasteiger partial charge in [0.2, 0.25) is 0 Å². The Morgan fingerprint density at radius 2 is 0.797 bits per heavy atom. The molecule has 0 rings (SSSR count). The molecule has 2 atom stereocenters. The van der Waals surface area contributed by atoms with Crippen LogP contribution in [0.3, 0.4) is 0 Å². The Morgan fingerprint density at radius 3 is 1.19 bits per heavy atom. The number of nitrogens with zero attached hydrogens (tertiary/aromatic N) is 1. The van der Waals surface area contributed by atoms with Gasteiger partial charge in [0, 0.05) is 13.0 Å². The van der Waals surface area contributed by atoms with Gasteiger partial charge in [-0.05, 0) is 89.9 Å². The fourth-order valence-electron chi connectivity index (χ4n) is 7.42. The first kappa shape index (κ1) is 66.4. The van der Waals surface area contributed by atoms with E-state index in [1.165, 1.54) is 116 Å². The second-order valence-electron chi connectivity index (χ2n) is 19.6. The van der Waals surface area contributed by atoms with E-state index in [1.54, 1.807) is 0 Å². The normalized spacial score (nSPS) is 14.2. The van der Waals surface area contributed by atoms with Crippen molar-refractivity contribution in [3.05, 3.63) is 97.2 Å². The summed E-state index contributed by atoms with van der Waals surface area (Å²) in [5, 5.41) is 0. The van der Waals surface area contributed by atoms with E-state index < -0.39 is 13.9 Å². The fraction of sp³-hybridized carbons (Fsp3) is 0.717. The molecule has 398 valence electrons. The quantitative estimate of drug-likeness (QED) is 0.0213. The summed E-state index contributed by atoms with van der Waals surface area (Å²) in [5.41, 5.74) is 0. The van der Waals surface area contributed by atoms with Crippen molar-refractivity contribution >= 4 is 13.8 Å². The minimum atomic E-state index is -4.29. The van der Waals surface area contributed by atoms with Crippen molar-refractivity contribution < 1.29 is 37.3 Å². The highest BCUT2D eigenvalue weighted by Crippen LogP contribution is 2.43. The number of likely N-dealkylation sites (N-methyl/N-ethyl adjacent to an activating group) is 1. The maximum Gasteiger partial charge on any atom is 0.472 e. The topological polar surface area (TPSA) is 91.3 Å². The predicted molar refractivity (Wildman–Crippen MR) is 298 cm³/mol. The van der Waals surface area contributed by atoms with Gasteiger partial charge < -0.3 is 18.9 Å². The number of carbonyl (C=O) groups excluding carboxylic acids is 1. The highest BCUT2D eigenvalue weighted by molar-refractivity contribution is 7.47. The van der Waals surface area contributed by atoms with Crippen molar-refractivity contribution in [2.75, 3.05) is 54.1 Å². The SMILES string of the molecule is CC/C=C\C/C=C\C/C=C\C/C=C\CCCCCCCCCCCCCCC(=O)OC(COCCCCCCCCCCC/C=C\C/C=C\C/C=C\C/C=C\CC)COP(=O)(O)OCC[N+](C)(C)C. The molecule has 0 aromatic rings. The standard InChI is InChI=1S/C60H106NO7P/c1-6-8-10-12-14-16-18-20-22-24-26-28-30-31-32-33-35-37-39-41-43-45-47-49-51-53-60(62)68-59(58-67-69(63,64)66-56-54-61(3,4)5)57-65-55-52-50-48-46-44-42-40-38-36-34-29-27-25-23-21-19-17-15-13-11-9-7-2/h8-11,14-17,20-23,26-29,59H,6-7,12-13,18-19,24-25,30-58H2,1-5H3/p+1/b10-8-,11-9-,16-14-,17-15-,22-20-,23-21-,28-26-,29-27-. The molecular weight excluding hydrogens is 878 g/mol. The summed E-state index contributed by atoms with van der Waals surface area (Å²) in [6.07, 6.45) is 71.8. The maximum absolute atomic E-state index is 12.8. The van der Waals surface area contributed by atoms with Gasteiger partial charge in [0.05, 0.1) is 34.4 Å². The molecule has 0 saturated carbocycles. The van der Waals surface area contributed by atoms with Gasteiger partial charge in [-0.15, -0.1) is 0 Å². The first-order valence-corrected chi connectivity index (χ1v) is 29.5. The van der Waals surface area contributed by atoms with E-state index in [0.717, 1.165) is 83.5 Å². The minimum Gasteiger partial charge on any atom is -0.457 e. The highest BCUT2D eigenvalue weighted by Gasteiger charge is 2.26. The van der Waals surface area contributed by atoms with Crippen molar-refractivity contribution in [3.63, 3.8) is 0 Å². The van der Waals surface area contributed by atoms with Crippen molar-refractivity contribution in [2.24, 2.45) is 0 Å². The number of phosphoric ester groups is 1. The van der Waals surface area contributed by atoms with Crippen molar-refractivity contribution in [2.45, 2.75) is 225 Å². The van der Waals surface area contributed by atoms with Gasteiger partial charge in [-0.2, -0.15) is 0 Å². The molecule has 0 aromatic heterocycles. The molecule has 0 heterocycles. The smallest absolute Gasteiger partial charge is 0.457 e. The van der Waals surface area contributed by atoms with Gasteiger partial charge >= 0.3 is 13.8 Å². The third-order valence-corrected chi connectivity index (χ3v) is 12.6. The molecule has 0 amide bonds. The molecular formula is C60H107NO7P+. The van der Waals surface area contributed by atoms with Crippen molar-refractivity contribution in [3.8, 4) is 0 Å². The zero-order valence-electron chi connectivity index (χ0n) is 45.3. The molecule has 9 heteroatoms. The lowest BCUT2D eigenvalue weighted by Crippen LogP contribution is -2.37. The summed E-state index contributed by atoms with van der Waals surface area (Å²) in [7, 11) is 1.65. The molecule has 0 radical (unpaired) electrons. The van der Waals surface area contributed by atoms with Crippen LogP contribution >= 0.6 is 7.82 Å². The molecule has 0 spiro atoms. The van der Waals surface area contributed by atoms with E-state index in [0.29, 0.717) is 24.1 Å². The Morgan fingerprint density at radius 1 is 0.449 bits per heavy atom. The lowest BCUT2D eigenvalue weighted by atomic mass is 10.0. The summed E-state index contributed by atoms with van der Waals surface area (Å²) < 4.78 is 35.2. The van der Waals surface area contributed by atoms with Gasteiger partial charge in [-0.25, -0.2) is 4.57 Å². The third-order valence-electron chi connectivity index (χ3n) is 11.6. The average molecular weight is 985 g/mol. The van der Waals surface area contributed by atoms with Crippen LogP contribution in [0.25, 0.3) is 0 Å². The number of allylic oxidation sites excluding steroid dienone is 16. The number of quaternary nitrogens is 1. The number of rotatable bonds is 51. The van der Waals surface area contributed by atoms with Crippen LogP contribution in [0, 0.1) is 0 Å². The van der Waals surface area contributed by atoms with E-state index >= 15 is 0 Å². The van der Waals surface area contributed by atoms with Crippen LogP contribution in [0.15, 0.2) is 97.2 Å². The second-order valence-corrected chi connectivity index (χ2v) is 21.0. The van der Waals surface area contributed by atoms with Crippen molar-refractivity contribution in [1.82, 2.24) is 0 Å². The van der Waals surface area contributed by atoms with E-state index in [9.17, 15) is 14.3 Å². The Balaban J connectivity index is 4.12. The van der Waals surface area contributed by atoms with Gasteiger partial charge in [-0.3, -0.25) is 13.8 Å². The number of unbranched alkanes of at least 4 members (excludes halogenated alkanes) is 21. The largest absolute Gasteiger partial charge is 0.472 e. The van der Waals surface area contributed by atoms with Crippen LogP contribution in [-0.4, -0.2) is 75.6 Å². The molecule has 0 saturated heterocycles. The zero-order valence-corrected chi connectivity index (χ0v) is 46.2. The number of ether oxygens (including phenoxy) is 2. The van der Waals surface area contributed by atoms with E-state index in [-0.39, 0.29) is 25.8 Å². The molecule has 0 fully saturated rings. The van der Waals surface area contributed by atoms with Crippen LogP contribution in [0.4, 0.5) is 0 Å². The van der Waals surface area contributed by atoms with Crippen LogP contribution in [0.1, 0.15) is 219 Å². The summed E-state index contributed by atoms with van der Waals surface area (Å²) in [6, 6.07) is 0. The van der Waals surface area contributed by atoms with Crippen LogP contribution < -0.4 is 0 Å². The van der Waals surface area contributed by atoms with Crippen LogP contribution in [-0.2, 0) is 27.9 Å². The molecule has 69 heavy (non-hydrogen) atoms. The number of hydrogen-bond acceptors (Lipinski definition) is 6. The molecule has 1 N–H and O–H groups in total. The number of esters is 1. The lowest BCUT2D eigenvalue weighted by Gasteiger charge is -2.24. The number of hydrogen-bond donors (Lipinski definition) is 1. The van der Waals surface area contributed by atoms with Gasteiger partial charge in [0.25, 0.3) is 0 Å². The molecule has 0 aliphatic heterocycles. The monoisotopic (exact) mass is 985 g/mol. The number of phosphoric acid groups is 1. The molecule has 8 nitrogen and oxygen atoms in total. The average Bonchev–Trinajstić information content (AvgIpc) is 3.31. The summed E-state index contributed by atoms with van der Waals surface area (Å²) in [5.74, 6) is -0.320. The second kappa shape index (κ2) is 51.8. The molecule has 0 aliphatic rings. The first-order valence-electron chi connectivity index (χ1n) is 28.0. The minimum absolute atomic E-state index is 0.0825. The zero-order chi connectivity index (χ0) is 50.5. The van der Waals surface area contributed by atoms with Crippen LogP contribution in [0.5, 0.6) is 0 Å². The molecule has 0 bridgehead atoms. The first-order chi connectivity index (χ1) is 33.6. The maximum atomic E-state index is 12.8. The van der Waals surface area contributed by atoms with Gasteiger partial charge in [-0.1, -0.05) is 220 Å². The van der Waals surface area contributed by atoms with Crippen molar-refractivity contribution in [1.29, 1.82) is 0 Å². The van der Waals surface area contributed by atoms with Gasteiger partial charge in [0.1, 0.15) is 19.3 Å². The number of carbonyl (C=O) groups is 1. The molecule has 2 unspecified atom stereocenters. The summed E-state index contributed by atoms with van der Waals surface area (Å²) in [4.78, 5) is 23.1. The Kier molecular flexibility index (Phi) is 49.8. The molecule has 0 aromatic carbocycles.